The topological polar surface area (TPSA) is 126 Å². The molecular weight excluding hydrogens is 758 g/mol. The molecule has 0 saturated carbocycles. The van der Waals surface area contributed by atoms with Crippen LogP contribution in [0.4, 0.5) is 0 Å². The van der Waals surface area contributed by atoms with Crippen LogP contribution in [0.5, 0.6) is 0 Å². The Bertz CT molecular complexity index is 1410. The summed E-state index contributed by atoms with van der Waals surface area (Å²) in [6.07, 6.45) is 10.3. The number of halogens is 6. The molecule has 0 fully saturated rings. The molecule has 0 spiro atoms. The van der Waals surface area contributed by atoms with Gasteiger partial charge in [0.25, 0.3) is 0 Å². The van der Waals surface area contributed by atoms with Crippen molar-refractivity contribution in [3.63, 3.8) is 0 Å². The summed E-state index contributed by atoms with van der Waals surface area (Å²) in [5.41, 5.74) is 1.87. The van der Waals surface area contributed by atoms with Crippen LogP contribution in [0.25, 0.3) is 0 Å². The Hall–Kier alpha value is -2.46. The second-order valence-electron chi connectivity index (χ2n) is 8.18. The molecule has 0 bridgehead atoms. The first-order valence-corrected chi connectivity index (χ1v) is 13.0. The molecule has 0 atom stereocenters. The van der Waals surface area contributed by atoms with Crippen molar-refractivity contribution in [2.75, 3.05) is 26.2 Å². The highest BCUT2D eigenvalue weighted by Gasteiger charge is 2.20. The van der Waals surface area contributed by atoms with Gasteiger partial charge in [-0.25, -0.2) is 18.7 Å². The van der Waals surface area contributed by atoms with Crippen molar-refractivity contribution < 1.29 is 62.3 Å². The number of carbonyl (C=O) groups is 2. The molecule has 0 unspecified atom stereocenters. The van der Waals surface area contributed by atoms with E-state index in [1.165, 1.54) is 12.1 Å². The first kappa shape index (κ1) is 39.5. The van der Waals surface area contributed by atoms with E-state index in [1.54, 1.807) is 70.1 Å². The van der Waals surface area contributed by atoms with Crippen LogP contribution in [-0.4, -0.2) is 71.2 Å². The minimum atomic E-state index is -0.126. The summed E-state index contributed by atoms with van der Waals surface area (Å²) in [6.45, 7) is 1.04. The Morgan fingerprint density at radius 1 is 0.690 bits per heavy atom. The number of Topliss-reactive ketones (excluding diaryl/α,β-unsaturated/α-hetero) is 2. The zero-order chi connectivity index (χ0) is 29.7. The molecule has 2 aromatic rings. The molecule has 4 N–H and O–H groups in total. The molecule has 8 nitrogen and oxygen atoms in total. The first-order chi connectivity index (χ1) is 19.2. The van der Waals surface area contributed by atoms with Crippen molar-refractivity contribution in [2.24, 2.45) is 11.7 Å². The lowest BCUT2D eigenvalue weighted by atomic mass is 10.1. The number of benzene rings is 2. The molecule has 2 aliphatic heterocycles. The number of allylic oxidation sites excluding steroid dienone is 2. The third-order valence-corrected chi connectivity index (χ3v) is 6.45. The van der Waals surface area contributed by atoms with Gasteiger partial charge in [0, 0.05) is 33.3 Å². The molecule has 0 aliphatic carbocycles. The second kappa shape index (κ2) is 20.4. The molecule has 0 saturated heterocycles. The maximum Gasteiger partial charge on any atom is 0.228 e. The van der Waals surface area contributed by atoms with Crippen LogP contribution in [0, 0.1) is 0 Å². The van der Waals surface area contributed by atoms with E-state index in [-0.39, 0.29) is 58.6 Å². The predicted octanol–water partition coefficient (Wildman–Crippen LogP) is -2.00. The number of hydrogen-bond acceptors (Lipinski definition) is 6. The van der Waals surface area contributed by atoms with Crippen molar-refractivity contribution in [3.05, 3.63) is 103 Å². The molecular formula is C28H24Br2Cl4N4O4. The van der Waals surface area contributed by atoms with E-state index in [0.29, 0.717) is 55.5 Å². The van der Waals surface area contributed by atoms with Gasteiger partial charge < -0.3 is 34.0 Å². The van der Waals surface area contributed by atoms with Crippen molar-refractivity contribution in [3.8, 4) is 0 Å². The lowest BCUT2D eigenvalue weighted by molar-refractivity contribution is -0.501. The van der Waals surface area contributed by atoms with Gasteiger partial charge in [0.1, 0.15) is 23.0 Å². The van der Waals surface area contributed by atoms with E-state index < -0.39 is 0 Å². The predicted molar refractivity (Wildman–Crippen MR) is 159 cm³/mol. The molecule has 0 amide bonds. The van der Waals surface area contributed by atoms with Gasteiger partial charge in [-0.05, 0) is 48.6 Å². The number of ketones is 2. The summed E-state index contributed by atoms with van der Waals surface area (Å²) in [6, 6.07) is 9.51. The van der Waals surface area contributed by atoms with E-state index in [4.69, 9.17) is 46.4 Å². The SMILES string of the molecule is NN.O=C=C1C=CC=[N+](CC(=O)c2ccc(Cl)cc2Cl)C1.O=C=C1C=CC=[N+](CC(=O)c2ccc(Cl)cc2Cl)C1.[Br-].[Br-]. The highest BCUT2D eigenvalue weighted by Crippen LogP contribution is 2.22. The zero-order valence-electron chi connectivity index (χ0n) is 21.7. The molecule has 0 radical (unpaired) electrons. The van der Waals surface area contributed by atoms with Crippen molar-refractivity contribution in [1.82, 2.24) is 0 Å². The third-order valence-electron chi connectivity index (χ3n) is 5.35. The minimum Gasteiger partial charge on any atom is -1.00 e. The number of hydrazine groups is 1. The van der Waals surface area contributed by atoms with Crippen LogP contribution < -0.4 is 45.6 Å². The minimum absolute atomic E-state index is 0. The van der Waals surface area contributed by atoms with E-state index >= 15 is 0 Å². The molecule has 222 valence electrons. The van der Waals surface area contributed by atoms with Crippen LogP contribution in [0.1, 0.15) is 20.7 Å². The van der Waals surface area contributed by atoms with Crippen LogP contribution in [-0.2, 0) is 9.59 Å². The Labute approximate surface area is 283 Å². The van der Waals surface area contributed by atoms with Gasteiger partial charge in [0.05, 0.1) is 10.0 Å². The molecule has 0 aromatic heterocycles. The molecule has 2 aromatic carbocycles. The molecule has 4 rings (SSSR count). The van der Waals surface area contributed by atoms with Crippen molar-refractivity contribution >= 4 is 82.3 Å². The lowest BCUT2D eigenvalue weighted by Crippen LogP contribution is -3.00. The highest BCUT2D eigenvalue weighted by atomic mass is 79.9. The summed E-state index contributed by atoms with van der Waals surface area (Å²) >= 11 is 23.5. The summed E-state index contributed by atoms with van der Waals surface area (Å²) in [5, 5.41) is 1.63. The zero-order valence-corrected chi connectivity index (χ0v) is 27.9. The summed E-state index contributed by atoms with van der Waals surface area (Å²) in [4.78, 5) is 45.4. The maximum absolute atomic E-state index is 12.1. The number of nitrogens with two attached hydrogens (primary N) is 2. The van der Waals surface area contributed by atoms with Crippen LogP contribution in [0.15, 0.2) is 71.8 Å². The Morgan fingerprint density at radius 3 is 1.36 bits per heavy atom. The number of carbonyl (C=O) groups excluding carboxylic acids is 4. The van der Waals surface area contributed by atoms with Gasteiger partial charge in [-0.1, -0.05) is 46.4 Å². The van der Waals surface area contributed by atoms with Gasteiger partial charge in [0.2, 0.25) is 24.7 Å². The normalized spacial score (nSPS) is 12.8. The number of nitrogens with zero attached hydrogens (tertiary/aromatic N) is 2. The van der Waals surface area contributed by atoms with Crippen LogP contribution in [0.2, 0.25) is 20.1 Å². The second-order valence-corrected chi connectivity index (χ2v) is 9.86. The standard InChI is InChI=1S/2C14H10Cl2NO2.2BrH.H4N2/c2*15-11-3-4-12(13(16)6-11)14(19)8-17-5-1-2-10(7-17)9-18;;;1-2/h2*1-6H,7-8H2;2*1H;1-2H2/q2*+1;;;/p-2. The fraction of sp³-hybridized carbons (Fsp3) is 0.143. The number of rotatable bonds is 6. The molecule has 2 heterocycles. The molecule has 42 heavy (non-hydrogen) atoms. The summed E-state index contributed by atoms with van der Waals surface area (Å²) in [5.74, 6) is 11.4. The largest absolute Gasteiger partial charge is 1.00 e. The third kappa shape index (κ3) is 12.4. The van der Waals surface area contributed by atoms with Gasteiger partial charge in [-0.3, -0.25) is 21.3 Å². The molecule has 14 heteroatoms. The summed E-state index contributed by atoms with van der Waals surface area (Å²) in [7, 11) is 0. The maximum atomic E-state index is 12.1. The van der Waals surface area contributed by atoms with Crippen LogP contribution >= 0.6 is 46.4 Å². The fourth-order valence-electron chi connectivity index (χ4n) is 3.53. The quantitative estimate of drug-likeness (QED) is 0.115. The smallest absolute Gasteiger partial charge is 0.228 e. The fourth-order valence-corrected chi connectivity index (χ4v) is 4.56. The average molecular weight is 782 g/mol. The highest BCUT2D eigenvalue weighted by molar-refractivity contribution is 6.37. The van der Waals surface area contributed by atoms with Gasteiger partial charge in [-0.15, -0.1) is 0 Å². The van der Waals surface area contributed by atoms with Crippen LogP contribution in [0.3, 0.4) is 0 Å². The average Bonchev–Trinajstić information content (AvgIpc) is 2.94. The Kier molecular flexibility index (Phi) is 19.2. The Balaban J connectivity index is 0.000000723. The van der Waals surface area contributed by atoms with E-state index in [1.807, 2.05) is 11.9 Å². The number of hydrogen-bond donors (Lipinski definition) is 2. The van der Waals surface area contributed by atoms with E-state index in [2.05, 4.69) is 11.7 Å². The van der Waals surface area contributed by atoms with Gasteiger partial charge in [0.15, 0.2) is 25.5 Å². The molecule has 2 aliphatic rings. The van der Waals surface area contributed by atoms with Gasteiger partial charge >= 0.3 is 0 Å². The monoisotopic (exact) mass is 778 g/mol. The van der Waals surface area contributed by atoms with Crippen molar-refractivity contribution in [1.29, 1.82) is 0 Å². The van der Waals surface area contributed by atoms with E-state index in [0.717, 1.165) is 0 Å². The lowest BCUT2D eigenvalue weighted by Gasteiger charge is -2.06. The van der Waals surface area contributed by atoms with Crippen molar-refractivity contribution in [2.45, 2.75) is 0 Å². The summed E-state index contributed by atoms with van der Waals surface area (Å²) < 4.78 is 3.46. The van der Waals surface area contributed by atoms with E-state index in [9.17, 15) is 19.2 Å². The van der Waals surface area contributed by atoms with Gasteiger partial charge in [-0.2, -0.15) is 0 Å². The Morgan fingerprint density at radius 2 is 1.05 bits per heavy atom. The first-order valence-electron chi connectivity index (χ1n) is 11.5.